The number of methoxy groups -OCH3 is 2. The van der Waals surface area contributed by atoms with Gasteiger partial charge in [0.1, 0.15) is 11.5 Å². The maximum atomic E-state index is 5.64. The number of hydrogen-bond acceptors (Lipinski definition) is 4. The minimum absolute atomic E-state index is 0.711. The van der Waals surface area contributed by atoms with Crippen molar-refractivity contribution in [3.8, 4) is 33.9 Å². The summed E-state index contributed by atoms with van der Waals surface area (Å²) >= 11 is 0. The van der Waals surface area contributed by atoms with Gasteiger partial charge in [-0.2, -0.15) is 0 Å². The highest BCUT2D eigenvalue weighted by Crippen LogP contribution is 2.41. The molecular formula is C21H17NO3. The standard InChI is InChI=1S/C21H17NO3/c1-23-19-10-6-5-9-16(19)18-13-22-25-21(18)17-11-12-20(24-2)15-8-4-3-7-14(15)17/h3-13H,1-2H3. The monoisotopic (exact) mass is 331 g/mol. The summed E-state index contributed by atoms with van der Waals surface area (Å²) in [7, 11) is 3.34. The minimum atomic E-state index is 0.711. The van der Waals surface area contributed by atoms with Gasteiger partial charge < -0.3 is 14.0 Å². The van der Waals surface area contributed by atoms with Crippen LogP contribution < -0.4 is 9.47 Å². The van der Waals surface area contributed by atoms with E-state index in [0.717, 1.165) is 39.0 Å². The fourth-order valence-electron chi connectivity index (χ4n) is 3.14. The quantitative estimate of drug-likeness (QED) is 0.517. The van der Waals surface area contributed by atoms with Crippen LogP contribution in [0.3, 0.4) is 0 Å². The Bertz CT molecular complexity index is 1040. The minimum Gasteiger partial charge on any atom is -0.496 e. The van der Waals surface area contributed by atoms with Crippen LogP contribution in [0.5, 0.6) is 11.5 Å². The van der Waals surface area contributed by atoms with Crippen molar-refractivity contribution < 1.29 is 14.0 Å². The van der Waals surface area contributed by atoms with Crippen molar-refractivity contribution in [2.75, 3.05) is 14.2 Å². The molecule has 4 nitrogen and oxygen atoms in total. The SMILES string of the molecule is COc1ccccc1-c1cnoc1-c1ccc(OC)c2ccccc12. The molecule has 0 N–H and O–H groups in total. The summed E-state index contributed by atoms with van der Waals surface area (Å²) < 4.78 is 16.6. The second kappa shape index (κ2) is 6.32. The molecule has 0 saturated heterocycles. The van der Waals surface area contributed by atoms with Gasteiger partial charge in [0.15, 0.2) is 5.76 Å². The first kappa shape index (κ1) is 15.3. The van der Waals surface area contributed by atoms with Crippen LogP contribution in [-0.4, -0.2) is 19.4 Å². The number of fused-ring (bicyclic) bond motifs is 1. The van der Waals surface area contributed by atoms with E-state index in [4.69, 9.17) is 14.0 Å². The number of para-hydroxylation sites is 1. The lowest BCUT2D eigenvalue weighted by atomic mass is 9.97. The lowest BCUT2D eigenvalue weighted by Gasteiger charge is -2.11. The molecule has 3 aromatic carbocycles. The molecular weight excluding hydrogens is 314 g/mol. The predicted molar refractivity (Wildman–Crippen MR) is 98.0 cm³/mol. The predicted octanol–water partition coefficient (Wildman–Crippen LogP) is 5.18. The summed E-state index contributed by atoms with van der Waals surface area (Å²) in [4.78, 5) is 0. The van der Waals surface area contributed by atoms with E-state index in [1.54, 1.807) is 20.4 Å². The van der Waals surface area contributed by atoms with Crippen LogP contribution >= 0.6 is 0 Å². The van der Waals surface area contributed by atoms with Gasteiger partial charge in [0.05, 0.1) is 26.0 Å². The lowest BCUT2D eigenvalue weighted by molar-refractivity contribution is 0.416. The Kier molecular flexibility index (Phi) is 3.86. The molecule has 0 amide bonds. The van der Waals surface area contributed by atoms with Crippen LogP contribution in [0.15, 0.2) is 71.4 Å². The summed E-state index contributed by atoms with van der Waals surface area (Å²) in [5, 5.41) is 6.12. The molecule has 0 bridgehead atoms. The molecule has 0 aliphatic heterocycles. The van der Waals surface area contributed by atoms with Crippen LogP contribution in [0.25, 0.3) is 33.2 Å². The highest BCUT2D eigenvalue weighted by molar-refractivity contribution is 6.01. The second-order valence-corrected chi connectivity index (χ2v) is 5.63. The third kappa shape index (κ3) is 2.52. The van der Waals surface area contributed by atoms with Crippen molar-refractivity contribution in [2.45, 2.75) is 0 Å². The Balaban J connectivity index is 1.97. The van der Waals surface area contributed by atoms with Gasteiger partial charge in [0, 0.05) is 16.5 Å². The summed E-state index contributed by atoms with van der Waals surface area (Å²) in [6.07, 6.45) is 1.73. The van der Waals surface area contributed by atoms with E-state index in [-0.39, 0.29) is 0 Å². The summed E-state index contributed by atoms with van der Waals surface area (Å²) in [6.45, 7) is 0. The van der Waals surface area contributed by atoms with Gasteiger partial charge in [0.2, 0.25) is 0 Å². The van der Waals surface area contributed by atoms with Crippen molar-refractivity contribution in [1.29, 1.82) is 0 Å². The first-order chi connectivity index (χ1) is 12.3. The van der Waals surface area contributed by atoms with E-state index < -0.39 is 0 Å². The molecule has 1 heterocycles. The topological polar surface area (TPSA) is 44.5 Å². The third-order valence-electron chi connectivity index (χ3n) is 4.32. The number of aromatic nitrogens is 1. The zero-order chi connectivity index (χ0) is 17.2. The van der Waals surface area contributed by atoms with Crippen LogP contribution in [0.1, 0.15) is 0 Å². The first-order valence-electron chi connectivity index (χ1n) is 7.97. The summed E-state index contributed by atoms with van der Waals surface area (Å²) in [5.74, 6) is 2.32. The molecule has 0 aliphatic carbocycles. The molecule has 0 saturated carbocycles. The molecule has 0 radical (unpaired) electrons. The number of benzene rings is 3. The smallest absolute Gasteiger partial charge is 0.175 e. The van der Waals surface area contributed by atoms with Crippen LogP contribution in [-0.2, 0) is 0 Å². The average molecular weight is 331 g/mol. The van der Waals surface area contributed by atoms with Crippen molar-refractivity contribution in [3.05, 3.63) is 66.9 Å². The highest BCUT2D eigenvalue weighted by Gasteiger charge is 2.18. The fraction of sp³-hybridized carbons (Fsp3) is 0.0952. The highest BCUT2D eigenvalue weighted by atomic mass is 16.5. The Morgan fingerprint density at radius 2 is 1.40 bits per heavy atom. The van der Waals surface area contributed by atoms with E-state index in [9.17, 15) is 0 Å². The molecule has 1 aromatic heterocycles. The zero-order valence-electron chi connectivity index (χ0n) is 14.0. The van der Waals surface area contributed by atoms with Crippen molar-refractivity contribution in [3.63, 3.8) is 0 Å². The van der Waals surface area contributed by atoms with E-state index in [0.29, 0.717) is 5.76 Å². The molecule has 0 fully saturated rings. The van der Waals surface area contributed by atoms with Gasteiger partial charge in [-0.05, 0) is 23.6 Å². The molecule has 4 heteroatoms. The number of nitrogens with zero attached hydrogens (tertiary/aromatic N) is 1. The van der Waals surface area contributed by atoms with Crippen molar-refractivity contribution in [2.24, 2.45) is 0 Å². The maximum Gasteiger partial charge on any atom is 0.175 e. The number of ether oxygens (including phenoxy) is 2. The van der Waals surface area contributed by atoms with E-state index >= 15 is 0 Å². The van der Waals surface area contributed by atoms with Gasteiger partial charge in [-0.1, -0.05) is 47.6 Å². The summed E-state index contributed by atoms with van der Waals surface area (Å²) in [5.41, 5.74) is 2.81. The zero-order valence-corrected chi connectivity index (χ0v) is 14.0. The largest absolute Gasteiger partial charge is 0.496 e. The summed E-state index contributed by atoms with van der Waals surface area (Å²) in [6, 6.07) is 19.9. The maximum absolute atomic E-state index is 5.64. The Hall–Kier alpha value is -3.27. The third-order valence-corrected chi connectivity index (χ3v) is 4.32. The van der Waals surface area contributed by atoms with Crippen molar-refractivity contribution in [1.82, 2.24) is 5.16 Å². The molecule has 0 aliphatic rings. The molecule has 124 valence electrons. The van der Waals surface area contributed by atoms with Crippen LogP contribution in [0, 0.1) is 0 Å². The number of hydrogen-bond donors (Lipinski definition) is 0. The molecule has 0 spiro atoms. The Labute approximate surface area is 145 Å². The Morgan fingerprint density at radius 3 is 2.20 bits per heavy atom. The Morgan fingerprint density at radius 1 is 0.680 bits per heavy atom. The lowest BCUT2D eigenvalue weighted by Crippen LogP contribution is -1.90. The molecule has 4 rings (SSSR count). The first-order valence-corrected chi connectivity index (χ1v) is 7.97. The number of rotatable bonds is 4. The molecule has 0 atom stereocenters. The molecule has 0 unspecified atom stereocenters. The average Bonchev–Trinajstić information content (AvgIpc) is 3.16. The van der Waals surface area contributed by atoms with E-state index in [1.807, 2.05) is 54.6 Å². The van der Waals surface area contributed by atoms with Crippen molar-refractivity contribution >= 4 is 10.8 Å². The van der Waals surface area contributed by atoms with Gasteiger partial charge in [0.25, 0.3) is 0 Å². The molecule has 25 heavy (non-hydrogen) atoms. The van der Waals surface area contributed by atoms with E-state index in [1.165, 1.54) is 0 Å². The van der Waals surface area contributed by atoms with E-state index in [2.05, 4.69) is 11.2 Å². The van der Waals surface area contributed by atoms with Crippen LogP contribution in [0.2, 0.25) is 0 Å². The van der Waals surface area contributed by atoms with Crippen LogP contribution in [0.4, 0.5) is 0 Å². The van der Waals surface area contributed by atoms with Gasteiger partial charge in [-0.3, -0.25) is 0 Å². The van der Waals surface area contributed by atoms with Gasteiger partial charge in [-0.25, -0.2) is 0 Å². The second-order valence-electron chi connectivity index (χ2n) is 5.63. The van der Waals surface area contributed by atoms with Gasteiger partial charge in [-0.15, -0.1) is 0 Å². The normalized spacial score (nSPS) is 10.8. The molecule has 4 aromatic rings. The van der Waals surface area contributed by atoms with Gasteiger partial charge >= 0.3 is 0 Å². The fourth-order valence-corrected chi connectivity index (χ4v) is 3.14.